The zero-order valence-electron chi connectivity index (χ0n) is 14.6. The Morgan fingerprint density at radius 3 is 2.84 bits per heavy atom. The van der Waals surface area contributed by atoms with Crippen LogP contribution in [-0.4, -0.2) is 25.0 Å². The van der Waals surface area contributed by atoms with E-state index < -0.39 is 0 Å². The van der Waals surface area contributed by atoms with Crippen LogP contribution < -0.4 is 5.32 Å². The van der Waals surface area contributed by atoms with Crippen molar-refractivity contribution < 1.29 is 0 Å². The van der Waals surface area contributed by atoms with Crippen LogP contribution in [0.2, 0.25) is 0 Å². The Bertz CT molecular complexity index is 831. The fraction of sp³-hybridized carbons (Fsp3) is 0.381. The monoisotopic (exact) mass is 332 g/mol. The molecule has 0 bridgehead atoms. The maximum Gasteiger partial charge on any atom is 0.143 e. The summed E-state index contributed by atoms with van der Waals surface area (Å²) in [4.78, 5) is 4.85. The molecular formula is C21H24N4. The molecule has 0 spiro atoms. The van der Waals surface area contributed by atoms with Crippen LogP contribution in [0.5, 0.6) is 0 Å². The summed E-state index contributed by atoms with van der Waals surface area (Å²) in [5, 5.41) is 14.3. The summed E-state index contributed by atoms with van der Waals surface area (Å²) in [7, 11) is 0. The molecule has 128 valence electrons. The van der Waals surface area contributed by atoms with Crippen molar-refractivity contribution >= 4 is 16.6 Å². The Morgan fingerprint density at radius 2 is 2.00 bits per heavy atom. The van der Waals surface area contributed by atoms with Crippen molar-refractivity contribution in [3.63, 3.8) is 0 Å². The highest BCUT2D eigenvalue weighted by Crippen LogP contribution is 2.36. The molecule has 4 nitrogen and oxygen atoms in total. The van der Waals surface area contributed by atoms with Gasteiger partial charge in [0.1, 0.15) is 5.84 Å². The third-order valence-corrected chi connectivity index (χ3v) is 5.26. The van der Waals surface area contributed by atoms with Crippen molar-refractivity contribution in [2.75, 3.05) is 13.1 Å². The highest BCUT2D eigenvalue weighted by Gasteiger charge is 2.31. The summed E-state index contributed by atoms with van der Waals surface area (Å²) in [6, 6.07) is 15.5. The number of azo groups is 1. The van der Waals surface area contributed by atoms with E-state index in [-0.39, 0.29) is 6.04 Å². The van der Waals surface area contributed by atoms with E-state index in [0.717, 1.165) is 18.9 Å². The molecule has 2 aromatic rings. The maximum atomic E-state index is 4.85. The lowest BCUT2D eigenvalue weighted by Gasteiger charge is -2.34. The number of piperidine rings is 1. The number of nitrogens with one attached hydrogen (secondary N) is 1. The average Bonchev–Trinajstić information content (AvgIpc) is 2.87. The second kappa shape index (κ2) is 7.28. The van der Waals surface area contributed by atoms with Crippen molar-refractivity contribution in [3.05, 3.63) is 60.3 Å². The van der Waals surface area contributed by atoms with Gasteiger partial charge in [0, 0.05) is 12.1 Å². The third-order valence-electron chi connectivity index (χ3n) is 5.26. The molecule has 2 aliphatic rings. The molecule has 1 saturated heterocycles. The highest BCUT2D eigenvalue weighted by molar-refractivity contribution is 5.83. The lowest BCUT2D eigenvalue weighted by Crippen LogP contribution is -2.36. The number of nitrogens with zero attached hydrogens (tertiary/aromatic N) is 3. The smallest absolute Gasteiger partial charge is 0.143 e. The fourth-order valence-electron chi connectivity index (χ4n) is 4.08. The van der Waals surface area contributed by atoms with E-state index in [1.165, 1.54) is 29.2 Å². The zero-order valence-corrected chi connectivity index (χ0v) is 14.6. The minimum atomic E-state index is 0.0843. The summed E-state index contributed by atoms with van der Waals surface area (Å²) in [6.45, 7) is 4.10. The van der Waals surface area contributed by atoms with Crippen LogP contribution in [0.25, 0.3) is 10.8 Å². The number of fused-ring (bicyclic) bond motifs is 1. The summed E-state index contributed by atoms with van der Waals surface area (Å²) in [5.74, 6) is 1.66. The van der Waals surface area contributed by atoms with Crippen LogP contribution >= 0.6 is 0 Å². The van der Waals surface area contributed by atoms with Crippen LogP contribution in [0.1, 0.15) is 31.2 Å². The Kier molecular flexibility index (Phi) is 4.70. The maximum absolute atomic E-state index is 4.85. The van der Waals surface area contributed by atoms with Crippen LogP contribution in [0.4, 0.5) is 0 Å². The number of hydrogen-bond acceptors (Lipinski definition) is 4. The molecule has 3 atom stereocenters. The molecule has 25 heavy (non-hydrogen) atoms. The van der Waals surface area contributed by atoms with Crippen LogP contribution in [-0.2, 0) is 0 Å². The number of rotatable bonds is 3. The third kappa shape index (κ3) is 3.54. The van der Waals surface area contributed by atoms with E-state index in [1.807, 2.05) is 6.92 Å². The lowest BCUT2D eigenvalue weighted by molar-refractivity contribution is 0.308. The van der Waals surface area contributed by atoms with E-state index in [9.17, 15) is 0 Å². The normalized spacial score (nSPS) is 24.8. The van der Waals surface area contributed by atoms with Gasteiger partial charge in [0.25, 0.3) is 0 Å². The number of aliphatic imine (C=N–C) groups is 1. The predicted octanol–water partition coefficient (Wildman–Crippen LogP) is 4.69. The quantitative estimate of drug-likeness (QED) is 0.871. The van der Waals surface area contributed by atoms with Gasteiger partial charge in [-0.3, -0.25) is 4.99 Å². The van der Waals surface area contributed by atoms with Crippen molar-refractivity contribution in [1.82, 2.24) is 5.32 Å². The first-order valence-electron chi connectivity index (χ1n) is 9.12. The van der Waals surface area contributed by atoms with Crippen molar-refractivity contribution in [2.24, 2.45) is 21.1 Å². The van der Waals surface area contributed by atoms with Gasteiger partial charge in [-0.15, -0.1) is 5.11 Å². The summed E-state index contributed by atoms with van der Waals surface area (Å²) in [6.07, 6.45) is 6.36. The summed E-state index contributed by atoms with van der Waals surface area (Å²) < 4.78 is 0. The van der Waals surface area contributed by atoms with Gasteiger partial charge in [0.2, 0.25) is 0 Å². The van der Waals surface area contributed by atoms with E-state index in [2.05, 4.69) is 64.1 Å². The molecule has 2 aliphatic heterocycles. The Morgan fingerprint density at radius 1 is 1.12 bits per heavy atom. The van der Waals surface area contributed by atoms with Crippen LogP contribution in [0.3, 0.4) is 0 Å². The summed E-state index contributed by atoms with van der Waals surface area (Å²) in [5.41, 5.74) is 1.36. The van der Waals surface area contributed by atoms with Gasteiger partial charge < -0.3 is 5.32 Å². The number of benzene rings is 2. The minimum Gasteiger partial charge on any atom is -0.316 e. The molecule has 4 heteroatoms. The zero-order chi connectivity index (χ0) is 17.1. The van der Waals surface area contributed by atoms with Crippen LogP contribution in [0.15, 0.2) is 70.0 Å². The standard InChI is InChI=1S/C21H24N4/c1-15-24-20(10-12-23-25-15)21(19-7-4-11-22-14-19)18-9-8-16-5-2-3-6-17(16)13-18/h2-3,5-6,8-10,12-13,19-22H,4,7,11,14H2,1H3/t19-,20?,21+/m0/s1. The van der Waals surface area contributed by atoms with Gasteiger partial charge in [0.15, 0.2) is 0 Å². The lowest BCUT2D eigenvalue weighted by atomic mass is 9.76. The average molecular weight is 332 g/mol. The first-order chi connectivity index (χ1) is 12.3. The van der Waals surface area contributed by atoms with Gasteiger partial charge in [-0.2, -0.15) is 5.11 Å². The molecule has 4 rings (SSSR count). The van der Waals surface area contributed by atoms with Crippen molar-refractivity contribution in [3.8, 4) is 0 Å². The van der Waals surface area contributed by atoms with E-state index >= 15 is 0 Å². The molecule has 0 radical (unpaired) electrons. The fourth-order valence-corrected chi connectivity index (χ4v) is 4.08. The molecular weight excluding hydrogens is 308 g/mol. The van der Waals surface area contributed by atoms with E-state index in [0.29, 0.717) is 11.8 Å². The highest BCUT2D eigenvalue weighted by atomic mass is 15.1. The second-order valence-electron chi connectivity index (χ2n) is 6.96. The molecule has 0 amide bonds. The van der Waals surface area contributed by atoms with E-state index in [1.54, 1.807) is 6.20 Å². The Hall–Kier alpha value is -2.33. The Balaban J connectivity index is 1.76. The first kappa shape index (κ1) is 16.2. The molecule has 2 aromatic carbocycles. The van der Waals surface area contributed by atoms with Gasteiger partial charge in [-0.25, -0.2) is 0 Å². The second-order valence-corrected chi connectivity index (χ2v) is 6.96. The number of amidine groups is 1. The topological polar surface area (TPSA) is 49.1 Å². The molecule has 1 N–H and O–H groups in total. The Labute approximate surface area is 148 Å². The van der Waals surface area contributed by atoms with Gasteiger partial charge in [0.05, 0.1) is 6.04 Å². The van der Waals surface area contributed by atoms with Crippen molar-refractivity contribution in [1.29, 1.82) is 0 Å². The molecule has 1 unspecified atom stereocenters. The summed E-state index contributed by atoms with van der Waals surface area (Å²) >= 11 is 0. The van der Waals surface area contributed by atoms with Gasteiger partial charge in [-0.1, -0.05) is 42.5 Å². The number of hydrogen-bond donors (Lipinski definition) is 1. The predicted molar refractivity (Wildman–Crippen MR) is 103 cm³/mol. The van der Waals surface area contributed by atoms with Gasteiger partial charge in [-0.05, 0) is 61.2 Å². The van der Waals surface area contributed by atoms with Crippen molar-refractivity contribution in [2.45, 2.75) is 31.7 Å². The molecule has 2 heterocycles. The van der Waals surface area contributed by atoms with Gasteiger partial charge >= 0.3 is 0 Å². The van der Waals surface area contributed by atoms with E-state index in [4.69, 9.17) is 4.99 Å². The SMILES string of the molecule is CC1=NC([C@H](c2ccc3ccccc3c2)[C@H]2CCCNC2)C=CN=N1. The molecule has 0 aromatic heterocycles. The molecule has 0 saturated carbocycles. The molecule has 1 fully saturated rings. The van der Waals surface area contributed by atoms with Crippen LogP contribution in [0, 0.1) is 5.92 Å². The first-order valence-corrected chi connectivity index (χ1v) is 9.12. The molecule has 0 aliphatic carbocycles. The largest absolute Gasteiger partial charge is 0.316 e. The minimum absolute atomic E-state index is 0.0843.